The van der Waals surface area contributed by atoms with Gasteiger partial charge in [-0.15, -0.1) is 0 Å². The van der Waals surface area contributed by atoms with E-state index in [9.17, 15) is 4.79 Å². The van der Waals surface area contributed by atoms with Gasteiger partial charge < -0.3 is 9.64 Å². The van der Waals surface area contributed by atoms with E-state index in [4.69, 9.17) is 4.74 Å². The minimum absolute atomic E-state index is 0.0197. The van der Waals surface area contributed by atoms with Crippen LogP contribution in [0.5, 0.6) is 0 Å². The summed E-state index contributed by atoms with van der Waals surface area (Å²) in [5, 5.41) is 0. The fourth-order valence-electron chi connectivity index (χ4n) is 1.89. The molecule has 3 heteroatoms. The van der Waals surface area contributed by atoms with Crippen LogP contribution in [0.4, 0.5) is 0 Å². The second-order valence-electron chi connectivity index (χ2n) is 4.97. The van der Waals surface area contributed by atoms with Crippen molar-refractivity contribution in [2.45, 2.75) is 38.7 Å². The molecule has 0 N–H and O–H groups in total. The molecule has 0 aromatic rings. The van der Waals surface area contributed by atoms with E-state index in [2.05, 4.69) is 13.8 Å². The predicted octanol–water partition coefficient (Wildman–Crippen LogP) is 1.67. The van der Waals surface area contributed by atoms with Gasteiger partial charge in [0.05, 0.1) is 12.2 Å². The smallest absolute Gasteiger partial charge is 0.222 e. The molecule has 1 aliphatic rings. The van der Waals surface area contributed by atoms with Crippen molar-refractivity contribution >= 4 is 5.91 Å². The summed E-state index contributed by atoms with van der Waals surface area (Å²) in [6.45, 7) is 5.04. The summed E-state index contributed by atoms with van der Waals surface area (Å²) in [6, 6.07) is 0. The second kappa shape index (κ2) is 4.30. The van der Waals surface area contributed by atoms with Crippen LogP contribution in [-0.4, -0.2) is 37.1 Å². The van der Waals surface area contributed by atoms with Crippen molar-refractivity contribution in [3.63, 3.8) is 0 Å². The summed E-state index contributed by atoms with van der Waals surface area (Å²) in [5.41, 5.74) is 0.0197. The summed E-state index contributed by atoms with van der Waals surface area (Å²) in [7, 11) is 3.61. The van der Waals surface area contributed by atoms with Gasteiger partial charge in [-0.2, -0.15) is 0 Å². The van der Waals surface area contributed by atoms with E-state index < -0.39 is 0 Å². The third kappa shape index (κ3) is 3.29. The molecule has 0 bridgehead atoms. The Bertz CT molecular complexity index is 211. The zero-order valence-electron chi connectivity index (χ0n) is 9.67. The average molecular weight is 199 g/mol. The van der Waals surface area contributed by atoms with E-state index in [0.717, 1.165) is 19.4 Å². The number of carbonyl (C=O) groups excluding carboxylic acids is 1. The third-order valence-corrected chi connectivity index (χ3v) is 2.76. The molecule has 0 radical (unpaired) electrons. The highest BCUT2D eigenvalue weighted by Crippen LogP contribution is 2.31. The van der Waals surface area contributed by atoms with Crippen LogP contribution in [0.1, 0.15) is 33.1 Å². The molecule has 1 saturated heterocycles. The number of rotatable bonds is 3. The van der Waals surface area contributed by atoms with Gasteiger partial charge in [-0.25, -0.2) is 0 Å². The lowest BCUT2D eigenvalue weighted by Crippen LogP contribution is -2.22. The highest BCUT2D eigenvalue weighted by atomic mass is 16.5. The topological polar surface area (TPSA) is 29.5 Å². The molecule has 1 atom stereocenters. The largest absolute Gasteiger partial charge is 0.375 e. The number of hydrogen-bond donors (Lipinski definition) is 0. The first-order valence-electron chi connectivity index (χ1n) is 5.25. The summed E-state index contributed by atoms with van der Waals surface area (Å²) in [4.78, 5) is 13.0. The minimum atomic E-state index is 0.0197. The maximum Gasteiger partial charge on any atom is 0.222 e. The Balaban J connectivity index is 2.24. The lowest BCUT2D eigenvalue weighted by atomic mass is 9.94. The Morgan fingerprint density at radius 2 is 2.14 bits per heavy atom. The van der Waals surface area contributed by atoms with Crippen molar-refractivity contribution < 1.29 is 9.53 Å². The molecule has 0 aliphatic carbocycles. The summed E-state index contributed by atoms with van der Waals surface area (Å²) >= 11 is 0. The van der Waals surface area contributed by atoms with E-state index in [1.54, 1.807) is 19.0 Å². The second-order valence-corrected chi connectivity index (χ2v) is 4.97. The summed E-state index contributed by atoms with van der Waals surface area (Å²) in [5.74, 6) is 0.781. The molecule has 1 unspecified atom stereocenters. The fraction of sp³-hybridized carbons (Fsp3) is 0.909. The average Bonchev–Trinajstić information content (AvgIpc) is 2.41. The van der Waals surface area contributed by atoms with Crippen molar-refractivity contribution in [1.29, 1.82) is 0 Å². The molecule has 0 saturated carbocycles. The van der Waals surface area contributed by atoms with Crippen LogP contribution in [0.2, 0.25) is 0 Å². The standard InChI is InChI=1S/C11H21NO2/c1-11(2)7-9(8-14-11)5-6-10(13)12(3)4/h9H,5-8H2,1-4H3. The van der Waals surface area contributed by atoms with Crippen LogP contribution in [0.3, 0.4) is 0 Å². The Kier molecular flexibility index (Phi) is 3.53. The van der Waals surface area contributed by atoms with Gasteiger partial charge in [0.1, 0.15) is 0 Å². The molecule has 0 spiro atoms. The van der Waals surface area contributed by atoms with Gasteiger partial charge in [-0.3, -0.25) is 4.79 Å². The Morgan fingerprint density at radius 1 is 1.50 bits per heavy atom. The Hall–Kier alpha value is -0.570. The van der Waals surface area contributed by atoms with Crippen LogP contribution in [-0.2, 0) is 9.53 Å². The minimum Gasteiger partial charge on any atom is -0.375 e. The highest BCUT2D eigenvalue weighted by Gasteiger charge is 2.31. The summed E-state index contributed by atoms with van der Waals surface area (Å²) < 4.78 is 5.62. The number of nitrogens with zero attached hydrogens (tertiary/aromatic N) is 1. The normalized spacial score (nSPS) is 25.0. The van der Waals surface area contributed by atoms with Gasteiger partial charge in [-0.1, -0.05) is 0 Å². The fourth-order valence-corrected chi connectivity index (χ4v) is 1.89. The van der Waals surface area contributed by atoms with Crippen LogP contribution >= 0.6 is 0 Å². The SMILES string of the molecule is CN(C)C(=O)CCC1COC(C)(C)C1. The lowest BCUT2D eigenvalue weighted by molar-refractivity contribution is -0.128. The quantitative estimate of drug-likeness (QED) is 0.692. The van der Waals surface area contributed by atoms with Crippen molar-refractivity contribution in [3.05, 3.63) is 0 Å². The van der Waals surface area contributed by atoms with Crippen LogP contribution in [0.15, 0.2) is 0 Å². The van der Waals surface area contributed by atoms with Crippen molar-refractivity contribution in [2.24, 2.45) is 5.92 Å². The van der Waals surface area contributed by atoms with E-state index in [-0.39, 0.29) is 11.5 Å². The number of amides is 1. The van der Waals surface area contributed by atoms with Gasteiger partial charge in [-0.05, 0) is 32.6 Å². The van der Waals surface area contributed by atoms with Gasteiger partial charge in [0.15, 0.2) is 0 Å². The maximum absolute atomic E-state index is 11.3. The lowest BCUT2D eigenvalue weighted by Gasteiger charge is -2.16. The van der Waals surface area contributed by atoms with E-state index in [0.29, 0.717) is 12.3 Å². The Labute approximate surface area is 86.4 Å². The first-order chi connectivity index (χ1) is 6.41. The van der Waals surface area contributed by atoms with Crippen molar-refractivity contribution in [2.75, 3.05) is 20.7 Å². The van der Waals surface area contributed by atoms with E-state index in [1.165, 1.54) is 0 Å². The first-order valence-corrected chi connectivity index (χ1v) is 5.25. The molecular formula is C11H21NO2. The molecule has 14 heavy (non-hydrogen) atoms. The summed E-state index contributed by atoms with van der Waals surface area (Å²) in [6.07, 6.45) is 2.69. The molecule has 82 valence electrons. The number of hydrogen-bond acceptors (Lipinski definition) is 2. The van der Waals surface area contributed by atoms with E-state index in [1.807, 2.05) is 0 Å². The zero-order valence-corrected chi connectivity index (χ0v) is 9.67. The van der Waals surface area contributed by atoms with Gasteiger partial charge in [0.2, 0.25) is 5.91 Å². The van der Waals surface area contributed by atoms with Crippen LogP contribution < -0.4 is 0 Å². The van der Waals surface area contributed by atoms with Gasteiger partial charge >= 0.3 is 0 Å². The first kappa shape index (κ1) is 11.5. The molecule has 0 aromatic heterocycles. The number of ether oxygens (including phenoxy) is 1. The van der Waals surface area contributed by atoms with Crippen LogP contribution in [0.25, 0.3) is 0 Å². The zero-order chi connectivity index (χ0) is 10.8. The van der Waals surface area contributed by atoms with E-state index >= 15 is 0 Å². The van der Waals surface area contributed by atoms with Crippen LogP contribution in [0, 0.1) is 5.92 Å². The predicted molar refractivity (Wildman–Crippen MR) is 56.1 cm³/mol. The van der Waals surface area contributed by atoms with Crippen molar-refractivity contribution in [1.82, 2.24) is 4.90 Å². The molecular weight excluding hydrogens is 178 g/mol. The maximum atomic E-state index is 11.3. The molecule has 1 rings (SSSR count). The molecule has 1 amide bonds. The van der Waals surface area contributed by atoms with Gasteiger partial charge in [0, 0.05) is 20.5 Å². The molecule has 1 aliphatic heterocycles. The molecule has 3 nitrogen and oxygen atoms in total. The van der Waals surface area contributed by atoms with Crippen molar-refractivity contribution in [3.8, 4) is 0 Å². The molecule has 1 heterocycles. The highest BCUT2D eigenvalue weighted by molar-refractivity contribution is 5.75. The van der Waals surface area contributed by atoms with Gasteiger partial charge in [0.25, 0.3) is 0 Å². The number of carbonyl (C=O) groups is 1. The third-order valence-electron chi connectivity index (χ3n) is 2.76. The monoisotopic (exact) mass is 199 g/mol. The molecule has 0 aromatic carbocycles. The Morgan fingerprint density at radius 3 is 2.57 bits per heavy atom. The molecule has 1 fully saturated rings.